The number of rotatable bonds is 3. The van der Waals surface area contributed by atoms with E-state index in [1.807, 2.05) is 0 Å². The third-order valence-electron chi connectivity index (χ3n) is 2.15. The Balaban J connectivity index is 2.30. The van der Waals surface area contributed by atoms with Crippen LogP contribution in [0, 0.1) is 11.8 Å². The maximum Gasteiger partial charge on any atom is 0.263 e. The molecular weight excluding hydrogens is 280 g/mol. The molecule has 0 spiro atoms. The molecule has 0 saturated carbocycles. The van der Waals surface area contributed by atoms with Crippen molar-refractivity contribution in [3.63, 3.8) is 0 Å². The molecular formula is C12H10N4O3S. The number of hydrogen-bond acceptors (Lipinski definition) is 6. The molecule has 0 fully saturated rings. The topological polar surface area (TPSA) is 105 Å². The van der Waals surface area contributed by atoms with Crippen molar-refractivity contribution >= 4 is 15.7 Å². The highest BCUT2D eigenvalue weighted by atomic mass is 32.2. The minimum Gasteiger partial charge on any atom is -0.384 e. The predicted molar refractivity (Wildman–Crippen MR) is 71.0 cm³/mol. The third kappa shape index (κ3) is 3.50. The molecule has 20 heavy (non-hydrogen) atoms. The van der Waals surface area contributed by atoms with Crippen LogP contribution in [0.3, 0.4) is 0 Å². The summed E-state index contributed by atoms with van der Waals surface area (Å²) in [7, 11) is -3.78. The fourth-order valence-corrected chi connectivity index (χ4v) is 2.36. The molecule has 0 aliphatic rings. The van der Waals surface area contributed by atoms with Crippen LogP contribution in [-0.4, -0.2) is 35.1 Å². The molecule has 0 saturated heterocycles. The summed E-state index contributed by atoms with van der Waals surface area (Å²) < 4.78 is 26.6. The van der Waals surface area contributed by atoms with Crippen molar-refractivity contribution in [3.8, 4) is 11.8 Å². The Bertz CT molecular complexity index is 751. The Morgan fingerprint density at radius 3 is 2.60 bits per heavy atom. The van der Waals surface area contributed by atoms with E-state index in [0.29, 0.717) is 5.56 Å². The maximum atomic E-state index is 12.1. The van der Waals surface area contributed by atoms with Gasteiger partial charge < -0.3 is 5.11 Å². The second-order valence-corrected chi connectivity index (χ2v) is 5.28. The summed E-state index contributed by atoms with van der Waals surface area (Å²) in [6.07, 6.45) is 6.59. The van der Waals surface area contributed by atoms with Crippen LogP contribution in [0.5, 0.6) is 0 Å². The average Bonchev–Trinajstić information content (AvgIpc) is 2.46. The first-order valence-corrected chi connectivity index (χ1v) is 6.93. The zero-order chi connectivity index (χ0) is 14.4. The number of nitrogens with zero attached hydrogens (tertiary/aromatic N) is 3. The van der Waals surface area contributed by atoms with E-state index in [0.717, 1.165) is 0 Å². The van der Waals surface area contributed by atoms with E-state index in [4.69, 9.17) is 5.11 Å². The molecule has 0 aliphatic carbocycles. The van der Waals surface area contributed by atoms with E-state index in [1.165, 1.54) is 37.2 Å². The van der Waals surface area contributed by atoms with E-state index in [9.17, 15) is 8.42 Å². The van der Waals surface area contributed by atoms with Crippen molar-refractivity contribution in [1.29, 1.82) is 0 Å². The van der Waals surface area contributed by atoms with E-state index in [1.54, 1.807) is 0 Å². The summed E-state index contributed by atoms with van der Waals surface area (Å²) in [6.45, 7) is -0.309. The molecule has 0 unspecified atom stereocenters. The summed E-state index contributed by atoms with van der Waals surface area (Å²) in [5.74, 6) is 5.01. The van der Waals surface area contributed by atoms with E-state index in [-0.39, 0.29) is 17.2 Å². The Morgan fingerprint density at radius 1 is 1.15 bits per heavy atom. The normalized spacial score (nSPS) is 10.4. The Kier molecular flexibility index (Phi) is 4.24. The lowest BCUT2D eigenvalue weighted by Gasteiger charge is -2.06. The number of aromatic nitrogens is 3. The molecule has 2 heterocycles. The largest absolute Gasteiger partial charge is 0.384 e. The molecule has 0 radical (unpaired) electrons. The number of aliphatic hydroxyl groups is 1. The molecule has 102 valence electrons. The smallest absolute Gasteiger partial charge is 0.263 e. The molecule has 2 aromatic heterocycles. The average molecular weight is 290 g/mol. The molecule has 7 nitrogen and oxygen atoms in total. The second kappa shape index (κ2) is 6.10. The van der Waals surface area contributed by atoms with Gasteiger partial charge in [-0.05, 0) is 6.07 Å². The van der Waals surface area contributed by atoms with Gasteiger partial charge in [0.2, 0.25) is 0 Å². The van der Waals surface area contributed by atoms with Crippen molar-refractivity contribution in [3.05, 3.63) is 42.7 Å². The van der Waals surface area contributed by atoms with Gasteiger partial charge in [0.25, 0.3) is 10.0 Å². The minimum atomic E-state index is -3.78. The van der Waals surface area contributed by atoms with Crippen LogP contribution in [0.1, 0.15) is 5.56 Å². The summed E-state index contributed by atoms with van der Waals surface area (Å²) in [4.78, 5) is 11.2. The van der Waals surface area contributed by atoms with Gasteiger partial charge in [-0.15, -0.1) is 0 Å². The summed E-state index contributed by atoms with van der Waals surface area (Å²) in [5, 5.41) is 8.61. The van der Waals surface area contributed by atoms with Crippen LogP contribution in [0.15, 0.2) is 42.1 Å². The minimum absolute atomic E-state index is 0.0360. The molecule has 0 aliphatic heterocycles. The Hall–Kier alpha value is -2.50. The SMILES string of the molecule is O=S(=O)(Nc1cncnc1)c1cncc(C#CCO)c1. The third-order valence-corrected chi connectivity index (χ3v) is 3.50. The quantitative estimate of drug-likeness (QED) is 0.772. The maximum absolute atomic E-state index is 12.1. The van der Waals surface area contributed by atoms with Gasteiger partial charge in [0, 0.05) is 18.0 Å². The first kappa shape index (κ1) is 13.9. The first-order chi connectivity index (χ1) is 9.62. The number of nitrogens with one attached hydrogen (secondary N) is 1. The number of anilines is 1. The predicted octanol–water partition coefficient (Wildman–Crippen LogP) is 0.0162. The van der Waals surface area contributed by atoms with Crippen LogP contribution >= 0.6 is 0 Å². The van der Waals surface area contributed by atoms with Gasteiger partial charge in [-0.3, -0.25) is 9.71 Å². The van der Waals surface area contributed by atoms with E-state index in [2.05, 4.69) is 31.5 Å². The van der Waals surface area contributed by atoms with Gasteiger partial charge in [0.05, 0.1) is 18.1 Å². The zero-order valence-electron chi connectivity index (χ0n) is 10.2. The van der Waals surface area contributed by atoms with Gasteiger partial charge in [-0.25, -0.2) is 18.4 Å². The molecule has 2 N–H and O–H groups in total. The van der Waals surface area contributed by atoms with Gasteiger partial charge in [0.15, 0.2) is 0 Å². The Morgan fingerprint density at radius 2 is 1.90 bits per heavy atom. The lowest BCUT2D eigenvalue weighted by atomic mass is 10.3. The lowest BCUT2D eigenvalue weighted by molar-refractivity contribution is 0.350. The fourth-order valence-electron chi connectivity index (χ4n) is 1.34. The molecule has 2 aromatic rings. The van der Waals surface area contributed by atoms with E-state index < -0.39 is 10.0 Å². The molecule has 2 rings (SSSR count). The van der Waals surface area contributed by atoms with Gasteiger partial charge >= 0.3 is 0 Å². The highest BCUT2D eigenvalue weighted by Gasteiger charge is 2.15. The standard InChI is InChI=1S/C12H10N4O3S/c17-3-1-2-10-4-12(8-13-5-10)20(18,19)16-11-6-14-9-15-7-11/h4-9,16-17H,3H2. The first-order valence-electron chi connectivity index (χ1n) is 5.44. The lowest BCUT2D eigenvalue weighted by Crippen LogP contribution is -2.13. The van der Waals surface area contributed by atoms with Gasteiger partial charge in [-0.1, -0.05) is 11.8 Å². The summed E-state index contributed by atoms with van der Waals surface area (Å²) in [6, 6.07) is 1.36. The summed E-state index contributed by atoms with van der Waals surface area (Å²) >= 11 is 0. The van der Waals surface area contributed by atoms with E-state index >= 15 is 0 Å². The fraction of sp³-hybridized carbons (Fsp3) is 0.0833. The molecule has 8 heteroatoms. The van der Waals surface area contributed by atoms with Gasteiger partial charge in [0.1, 0.15) is 17.8 Å². The van der Waals surface area contributed by atoms with Crippen molar-refractivity contribution in [2.45, 2.75) is 4.90 Å². The highest BCUT2D eigenvalue weighted by Crippen LogP contribution is 2.14. The number of hydrogen-bond donors (Lipinski definition) is 2. The molecule has 0 amide bonds. The molecule has 0 aromatic carbocycles. The van der Waals surface area contributed by atoms with Crippen LogP contribution in [0.25, 0.3) is 0 Å². The zero-order valence-corrected chi connectivity index (χ0v) is 11.0. The van der Waals surface area contributed by atoms with Crippen molar-refractivity contribution < 1.29 is 13.5 Å². The summed E-state index contributed by atoms with van der Waals surface area (Å²) in [5.41, 5.74) is 0.644. The Labute approximate surface area is 115 Å². The van der Waals surface area contributed by atoms with Crippen molar-refractivity contribution in [2.24, 2.45) is 0 Å². The number of pyridine rings is 1. The monoisotopic (exact) mass is 290 g/mol. The van der Waals surface area contributed by atoms with Crippen molar-refractivity contribution in [1.82, 2.24) is 15.0 Å². The van der Waals surface area contributed by atoms with Crippen LogP contribution in [0.2, 0.25) is 0 Å². The number of sulfonamides is 1. The number of aliphatic hydroxyl groups excluding tert-OH is 1. The van der Waals surface area contributed by atoms with Gasteiger partial charge in [-0.2, -0.15) is 0 Å². The second-order valence-electron chi connectivity index (χ2n) is 3.60. The van der Waals surface area contributed by atoms with Crippen LogP contribution in [-0.2, 0) is 10.0 Å². The van der Waals surface area contributed by atoms with Crippen LogP contribution in [0.4, 0.5) is 5.69 Å². The van der Waals surface area contributed by atoms with Crippen LogP contribution < -0.4 is 4.72 Å². The highest BCUT2D eigenvalue weighted by molar-refractivity contribution is 7.92. The molecule has 0 atom stereocenters. The molecule has 0 bridgehead atoms. The van der Waals surface area contributed by atoms with Crippen molar-refractivity contribution in [2.75, 3.05) is 11.3 Å².